The maximum Gasteiger partial charge on any atom is 0.286 e. The van der Waals surface area contributed by atoms with E-state index in [4.69, 9.17) is 0 Å². The summed E-state index contributed by atoms with van der Waals surface area (Å²) in [6.45, 7) is 3.66. The minimum absolute atomic E-state index is 0.155. The molecule has 1 aromatic carbocycles. The maximum atomic E-state index is 12.3. The van der Waals surface area contributed by atoms with Crippen LogP contribution in [0.3, 0.4) is 0 Å². The lowest BCUT2D eigenvalue weighted by Gasteiger charge is -2.29. The van der Waals surface area contributed by atoms with E-state index in [0.717, 1.165) is 35.9 Å². The Bertz CT molecular complexity index is 881. The van der Waals surface area contributed by atoms with Crippen molar-refractivity contribution in [2.24, 2.45) is 12.0 Å². The van der Waals surface area contributed by atoms with Crippen LogP contribution in [-0.4, -0.2) is 32.3 Å². The molecule has 0 saturated heterocycles. The molecule has 4 rings (SSSR count). The first-order valence-corrected chi connectivity index (χ1v) is 8.76. The van der Waals surface area contributed by atoms with Gasteiger partial charge in [-0.25, -0.2) is 0 Å². The Morgan fingerprint density at radius 1 is 1.25 bits per heavy atom. The average molecular weight is 338 g/mol. The van der Waals surface area contributed by atoms with Crippen LogP contribution in [0.4, 0.5) is 0 Å². The number of amides is 1. The summed E-state index contributed by atoms with van der Waals surface area (Å²) in [6.07, 6.45) is 4.81. The smallest absolute Gasteiger partial charge is 0.286 e. The van der Waals surface area contributed by atoms with Crippen molar-refractivity contribution in [1.82, 2.24) is 14.7 Å². The number of fused-ring (bicyclic) bond motifs is 1. The Kier molecular flexibility index (Phi) is 3.76. The molecule has 0 unspecified atom stereocenters. The Morgan fingerprint density at radius 2 is 2.04 bits per heavy atom. The highest BCUT2D eigenvalue weighted by Gasteiger charge is 2.28. The molecule has 1 amide bonds. The lowest BCUT2D eigenvalue weighted by atomic mass is 10.0. The zero-order valence-corrected chi connectivity index (χ0v) is 14.5. The number of carbonyl (C=O) groups excluding carboxylic acids is 1. The van der Waals surface area contributed by atoms with E-state index in [1.54, 1.807) is 4.68 Å². The van der Waals surface area contributed by atoms with Crippen LogP contribution in [0.25, 0.3) is 6.08 Å². The van der Waals surface area contributed by atoms with Crippen LogP contribution in [0.15, 0.2) is 40.4 Å². The number of hydrogen-bond acceptors (Lipinski definition) is 4. The van der Waals surface area contributed by atoms with Crippen molar-refractivity contribution < 1.29 is 4.79 Å². The third kappa shape index (κ3) is 2.78. The van der Waals surface area contributed by atoms with Crippen LogP contribution in [0.2, 0.25) is 0 Å². The molecule has 0 atom stereocenters. The van der Waals surface area contributed by atoms with Gasteiger partial charge in [0.05, 0.1) is 10.6 Å². The van der Waals surface area contributed by atoms with Gasteiger partial charge in [-0.2, -0.15) is 10.1 Å². The van der Waals surface area contributed by atoms with Crippen molar-refractivity contribution in [3.63, 3.8) is 0 Å². The van der Waals surface area contributed by atoms with E-state index in [1.807, 2.05) is 26.2 Å². The molecule has 122 valence electrons. The van der Waals surface area contributed by atoms with E-state index in [1.165, 1.54) is 22.9 Å². The first-order chi connectivity index (χ1) is 11.6. The molecule has 2 aromatic rings. The van der Waals surface area contributed by atoms with Gasteiger partial charge in [-0.1, -0.05) is 24.3 Å². The monoisotopic (exact) mass is 338 g/mol. The molecule has 5 nitrogen and oxygen atoms in total. The fraction of sp³-hybridized carbons (Fsp3) is 0.278. The summed E-state index contributed by atoms with van der Waals surface area (Å²) in [7, 11) is 1.88. The summed E-state index contributed by atoms with van der Waals surface area (Å²) in [6, 6.07) is 8.47. The highest BCUT2D eigenvalue weighted by molar-refractivity contribution is 8.18. The standard InChI is InChI=1S/C18H18N4OS/c1-12-15(10-21(2)20-12)9-16-17(23)19-18(24-16)22-8-7-13-5-3-4-6-14(13)11-22/h3-6,9-10H,7-8,11H2,1-2H3/b16-9-. The molecule has 1 aromatic heterocycles. The van der Waals surface area contributed by atoms with Crippen molar-refractivity contribution >= 4 is 28.9 Å². The first-order valence-electron chi connectivity index (χ1n) is 7.95. The molecule has 0 saturated carbocycles. The van der Waals surface area contributed by atoms with Gasteiger partial charge in [0.25, 0.3) is 5.91 Å². The Morgan fingerprint density at radius 3 is 2.79 bits per heavy atom. The van der Waals surface area contributed by atoms with Crippen LogP contribution in [0.5, 0.6) is 0 Å². The number of hydrogen-bond donors (Lipinski definition) is 0. The van der Waals surface area contributed by atoms with Crippen molar-refractivity contribution in [1.29, 1.82) is 0 Å². The highest BCUT2D eigenvalue weighted by atomic mass is 32.2. The van der Waals surface area contributed by atoms with Gasteiger partial charge in [-0.15, -0.1) is 0 Å². The van der Waals surface area contributed by atoms with Gasteiger partial charge < -0.3 is 4.90 Å². The lowest BCUT2D eigenvalue weighted by molar-refractivity contribution is -0.113. The van der Waals surface area contributed by atoms with E-state index >= 15 is 0 Å². The summed E-state index contributed by atoms with van der Waals surface area (Å²) in [5, 5.41) is 5.12. The maximum absolute atomic E-state index is 12.3. The van der Waals surface area contributed by atoms with Gasteiger partial charge >= 0.3 is 0 Å². The number of aromatic nitrogens is 2. The van der Waals surface area contributed by atoms with E-state index in [-0.39, 0.29) is 5.91 Å². The van der Waals surface area contributed by atoms with E-state index in [2.05, 4.69) is 39.3 Å². The summed E-state index contributed by atoms with van der Waals surface area (Å²) in [5.74, 6) is -0.155. The molecule has 24 heavy (non-hydrogen) atoms. The average Bonchev–Trinajstić information content (AvgIpc) is 3.09. The fourth-order valence-electron chi connectivity index (χ4n) is 3.09. The summed E-state index contributed by atoms with van der Waals surface area (Å²) < 4.78 is 1.76. The molecule has 2 aliphatic heterocycles. The largest absolute Gasteiger partial charge is 0.346 e. The fourth-order valence-corrected chi connectivity index (χ4v) is 4.02. The number of benzene rings is 1. The summed E-state index contributed by atoms with van der Waals surface area (Å²) in [4.78, 5) is 19.4. The van der Waals surface area contributed by atoms with Gasteiger partial charge in [-0.05, 0) is 42.3 Å². The number of aryl methyl sites for hydroxylation is 2. The molecule has 6 heteroatoms. The Hall–Kier alpha value is -2.34. The summed E-state index contributed by atoms with van der Waals surface area (Å²) in [5.41, 5.74) is 4.60. The normalized spacial score (nSPS) is 18.9. The van der Waals surface area contributed by atoms with Gasteiger partial charge in [0.1, 0.15) is 0 Å². The van der Waals surface area contributed by atoms with E-state index < -0.39 is 0 Å². The van der Waals surface area contributed by atoms with Crippen molar-refractivity contribution in [3.8, 4) is 0 Å². The molecule has 0 radical (unpaired) electrons. The summed E-state index contributed by atoms with van der Waals surface area (Å²) >= 11 is 1.46. The number of amidine groups is 1. The molecular formula is C18H18N4OS. The quantitative estimate of drug-likeness (QED) is 0.750. The van der Waals surface area contributed by atoms with Crippen molar-refractivity contribution in [3.05, 3.63) is 57.8 Å². The molecule has 0 N–H and O–H groups in total. The lowest BCUT2D eigenvalue weighted by Crippen LogP contribution is -2.33. The van der Waals surface area contributed by atoms with Gasteiger partial charge in [0.15, 0.2) is 5.17 Å². The second kappa shape index (κ2) is 5.94. The SMILES string of the molecule is Cc1nn(C)cc1/C=C1\SC(N2CCc3ccccc3C2)=NC1=O. The van der Waals surface area contributed by atoms with Crippen LogP contribution < -0.4 is 0 Å². The van der Waals surface area contributed by atoms with Crippen LogP contribution in [0, 0.1) is 6.92 Å². The predicted molar refractivity (Wildman–Crippen MR) is 96.5 cm³/mol. The van der Waals surface area contributed by atoms with Gasteiger partial charge in [0, 0.05) is 31.9 Å². The van der Waals surface area contributed by atoms with E-state index in [9.17, 15) is 4.79 Å². The third-order valence-electron chi connectivity index (χ3n) is 4.35. The van der Waals surface area contributed by atoms with Gasteiger partial charge in [-0.3, -0.25) is 9.48 Å². The van der Waals surface area contributed by atoms with Crippen LogP contribution in [-0.2, 0) is 24.8 Å². The van der Waals surface area contributed by atoms with Crippen molar-refractivity contribution in [2.45, 2.75) is 19.9 Å². The first kappa shape index (κ1) is 15.2. The Labute approximate surface area is 145 Å². The molecule has 0 aliphatic carbocycles. The second-order valence-electron chi connectivity index (χ2n) is 6.09. The number of carbonyl (C=O) groups is 1. The number of thioether (sulfide) groups is 1. The van der Waals surface area contributed by atoms with Crippen molar-refractivity contribution in [2.75, 3.05) is 6.54 Å². The molecule has 2 aliphatic rings. The predicted octanol–water partition coefficient (Wildman–Crippen LogP) is 2.76. The third-order valence-corrected chi connectivity index (χ3v) is 5.39. The van der Waals surface area contributed by atoms with Crippen LogP contribution in [0.1, 0.15) is 22.4 Å². The zero-order valence-electron chi connectivity index (χ0n) is 13.7. The molecule has 0 spiro atoms. The van der Waals surface area contributed by atoms with Gasteiger partial charge in [0.2, 0.25) is 0 Å². The molecule has 3 heterocycles. The molecule has 0 bridgehead atoms. The minimum atomic E-state index is -0.155. The zero-order chi connectivity index (χ0) is 16.7. The topological polar surface area (TPSA) is 50.5 Å². The molecular weight excluding hydrogens is 320 g/mol. The van der Waals surface area contributed by atoms with Crippen LogP contribution >= 0.6 is 11.8 Å². The second-order valence-corrected chi connectivity index (χ2v) is 7.10. The minimum Gasteiger partial charge on any atom is -0.346 e. The molecule has 0 fully saturated rings. The number of nitrogens with zero attached hydrogens (tertiary/aromatic N) is 4. The number of rotatable bonds is 1. The van der Waals surface area contributed by atoms with E-state index in [0.29, 0.717) is 4.91 Å². The number of aliphatic imine (C=N–C) groups is 1. The Balaban J connectivity index is 1.54. The highest BCUT2D eigenvalue weighted by Crippen LogP contribution is 2.32.